The number of nitrogens with one attached hydrogen (secondary N) is 1. The van der Waals surface area contributed by atoms with Crippen molar-refractivity contribution < 1.29 is 4.79 Å². The van der Waals surface area contributed by atoms with E-state index >= 15 is 0 Å². The lowest BCUT2D eigenvalue weighted by Gasteiger charge is -2.57. The van der Waals surface area contributed by atoms with Gasteiger partial charge in [-0.25, -0.2) is 0 Å². The topological polar surface area (TPSA) is 35.6 Å². The molecule has 5 fully saturated rings. The Morgan fingerprint density at radius 3 is 2.14 bits per heavy atom. The first-order valence-electron chi connectivity index (χ1n) is 11.4. The van der Waals surface area contributed by atoms with Gasteiger partial charge in [0.1, 0.15) is 0 Å². The molecule has 1 aliphatic heterocycles. The van der Waals surface area contributed by atoms with Crippen LogP contribution in [0.4, 0.5) is 5.69 Å². The highest BCUT2D eigenvalue weighted by molar-refractivity contribution is 5.82. The average Bonchev–Trinajstić information content (AvgIpc) is 2.66. The van der Waals surface area contributed by atoms with Gasteiger partial charge >= 0.3 is 0 Å². The van der Waals surface area contributed by atoms with E-state index in [-0.39, 0.29) is 17.5 Å². The van der Waals surface area contributed by atoms with Gasteiger partial charge in [0.05, 0.1) is 6.04 Å². The van der Waals surface area contributed by atoms with Crippen molar-refractivity contribution in [3.63, 3.8) is 0 Å². The molecule has 152 valence electrons. The molecule has 28 heavy (non-hydrogen) atoms. The standard InChI is InChI=1S/C24H35N3O/c1-17-5-3-4-6-22(17)27-9-7-26(8-10-27)18(2)23(28)25-24-14-19-11-20(15-24)13-21(12-19)16-24/h3-6,18-21H,7-16H2,1-2H3,(H,25,28)/t18-,19?,20?,21?,24?/m0/s1. The third-order valence-corrected chi connectivity index (χ3v) is 8.12. The number of piperazine rings is 1. The van der Waals surface area contributed by atoms with E-state index in [0.29, 0.717) is 0 Å². The fourth-order valence-corrected chi connectivity index (χ4v) is 7.06. The lowest BCUT2D eigenvalue weighted by Crippen LogP contribution is -2.63. The van der Waals surface area contributed by atoms with Gasteiger partial charge in [0.2, 0.25) is 5.91 Å². The number of carbonyl (C=O) groups excluding carboxylic acids is 1. The van der Waals surface area contributed by atoms with Crippen molar-refractivity contribution in [2.24, 2.45) is 17.8 Å². The van der Waals surface area contributed by atoms with Crippen LogP contribution >= 0.6 is 0 Å². The minimum atomic E-state index is -0.0213. The van der Waals surface area contributed by atoms with Gasteiger partial charge in [-0.1, -0.05) is 18.2 Å². The fraction of sp³-hybridized carbons (Fsp3) is 0.708. The van der Waals surface area contributed by atoms with Crippen molar-refractivity contribution in [2.45, 2.75) is 64.0 Å². The second-order valence-corrected chi connectivity index (χ2v) is 10.2. The molecule has 1 atom stereocenters. The highest BCUT2D eigenvalue weighted by Gasteiger charge is 2.51. The number of benzene rings is 1. The summed E-state index contributed by atoms with van der Waals surface area (Å²) >= 11 is 0. The van der Waals surface area contributed by atoms with Crippen LogP contribution in [0.1, 0.15) is 51.0 Å². The number of aryl methyl sites for hydroxylation is 1. The summed E-state index contributed by atoms with van der Waals surface area (Å²) in [5.74, 6) is 2.89. The SMILES string of the molecule is Cc1ccccc1N1CCN([C@@H](C)C(=O)NC23CC4CC(CC(C4)C2)C3)CC1. The summed E-state index contributed by atoms with van der Waals surface area (Å²) in [6, 6.07) is 8.60. The van der Waals surface area contributed by atoms with Crippen molar-refractivity contribution in [1.29, 1.82) is 0 Å². The minimum absolute atomic E-state index is 0.0213. The third kappa shape index (κ3) is 3.34. The summed E-state index contributed by atoms with van der Waals surface area (Å²) < 4.78 is 0. The Hall–Kier alpha value is -1.55. The summed E-state index contributed by atoms with van der Waals surface area (Å²) in [6.07, 6.45) is 7.97. The summed E-state index contributed by atoms with van der Waals surface area (Å²) in [5.41, 5.74) is 2.81. The number of hydrogen-bond acceptors (Lipinski definition) is 3. The van der Waals surface area contributed by atoms with Crippen LogP contribution < -0.4 is 10.2 Å². The van der Waals surface area contributed by atoms with Crippen molar-refractivity contribution in [1.82, 2.24) is 10.2 Å². The molecule has 4 heteroatoms. The Morgan fingerprint density at radius 2 is 1.57 bits per heavy atom. The van der Waals surface area contributed by atoms with Crippen molar-refractivity contribution in [3.05, 3.63) is 29.8 Å². The molecule has 4 saturated carbocycles. The Labute approximate surface area is 169 Å². The number of anilines is 1. The molecule has 5 aliphatic rings. The number of para-hydroxylation sites is 1. The third-order valence-electron chi connectivity index (χ3n) is 8.12. The maximum Gasteiger partial charge on any atom is 0.237 e. The molecule has 0 spiro atoms. The van der Waals surface area contributed by atoms with Gasteiger partial charge in [-0.05, 0) is 81.8 Å². The van der Waals surface area contributed by atoms with Crippen LogP contribution in [0.15, 0.2) is 24.3 Å². The molecule has 4 aliphatic carbocycles. The van der Waals surface area contributed by atoms with E-state index in [9.17, 15) is 4.79 Å². The number of rotatable bonds is 4. The Balaban J connectivity index is 1.19. The van der Waals surface area contributed by atoms with Crippen LogP contribution in [0.5, 0.6) is 0 Å². The zero-order chi connectivity index (χ0) is 19.3. The lowest BCUT2D eigenvalue weighted by atomic mass is 9.53. The summed E-state index contributed by atoms with van der Waals surface area (Å²) in [4.78, 5) is 18.0. The van der Waals surface area contributed by atoms with Gasteiger partial charge < -0.3 is 10.2 Å². The maximum atomic E-state index is 13.2. The van der Waals surface area contributed by atoms with Crippen LogP contribution in [0, 0.1) is 24.7 Å². The largest absolute Gasteiger partial charge is 0.369 e. The second kappa shape index (κ2) is 7.05. The predicted octanol–water partition coefficient (Wildman–Crippen LogP) is 3.59. The van der Waals surface area contributed by atoms with E-state index < -0.39 is 0 Å². The molecule has 0 aromatic heterocycles. The van der Waals surface area contributed by atoms with Gasteiger partial charge in [0, 0.05) is 37.4 Å². The first-order chi connectivity index (χ1) is 13.5. The van der Waals surface area contributed by atoms with Gasteiger partial charge in [-0.2, -0.15) is 0 Å². The summed E-state index contributed by atoms with van der Waals surface area (Å²) in [7, 11) is 0. The van der Waals surface area contributed by atoms with E-state index in [1.807, 2.05) is 0 Å². The van der Waals surface area contributed by atoms with Gasteiger partial charge in [0.25, 0.3) is 0 Å². The summed E-state index contributed by atoms with van der Waals surface area (Å²) in [5, 5.41) is 3.58. The van der Waals surface area contributed by atoms with Crippen molar-refractivity contribution in [2.75, 3.05) is 31.1 Å². The molecule has 4 bridgehead atoms. The zero-order valence-electron chi connectivity index (χ0n) is 17.5. The normalized spacial score (nSPS) is 35.8. The predicted molar refractivity (Wildman–Crippen MR) is 113 cm³/mol. The molecule has 4 nitrogen and oxygen atoms in total. The maximum absolute atomic E-state index is 13.2. The molecular formula is C24H35N3O. The molecule has 1 amide bonds. The molecule has 6 rings (SSSR count). The Morgan fingerprint density at radius 1 is 1.00 bits per heavy atom. The number of nitrogens with zero attached hydrogens (tertiary/aromatic N) is 2. The van der Waals surface area contributed by atoms with Gasteiger partial charge in [0.15, 0.2) is 0 Å². The minimum Gasteiger partial charge on any atom is -0.369 e. The zero-order valence-corrected chi connectivity index (χ0v) is 17.5. The molecule has 1 saturated heterocycles. The smallest absolute Gasteiger partial charge is 0.237 e. The second-order valence-electron chi connectivity index (χ2n) is 10.2. The number of amides is 1. The molecule has 0 radical (unpaired) electrons. The van der Waals surface area contributed by atoms with Crippen LogP contribution in [0.2, 0.25) is 0 Å². The van der Waals surface area contributed by atoms with Crippen LogP contribution in [0.25, 0.3) is 0 Å². The first kappa shape index (κ1) is 18.5. The van der Waals surface area contributed by atoms with Gasteiger partial charge in [-0.15, -0.1) is 0 Å². The van der Waals surface area contributed by atoms with E-state index in [4.69, 9.17) is 0 Å². The van der Waals surface area contributed by atoms with Crippen LogP contribution in [-0.4, -0.2) is 48.6 Å². The van der Waals surface area contributed by atoms with Crippen LogP contribution in [0.3, 0.4) is 0 Å². The molecule has 1 aromatic rings. The van der Waals surface area contributed by atoms with E-state index in [1.165, 1.54) is 49.8 Å². The lowest BCUT2D eigenvalue weighted by molar-refractivity contribution is -0.131. The van der Waals surface area contributed by atoms with Crippen molar-refractivity contribution >= 4 is 11.6 Å². The molecule has 1 N–H and O–H groups in total. The molecule has 0 unspecified atom stereocenters. The van der Waals surface area contributed by atoms with E-state index in [2.05, 4.69) is 53.2 Å². The molecular weight excluding hydrogens is 346 g/mol. The highest BCUT2D eigenvalue weighted by Crippen LogP contribution is 2.55. The summed E-state index contributed by atoms with van der Waals surface area (Å²) in [6.45, 7) is 8.22. The van der Waals surface area contributed by atoms with Crippen molar-refractivity contribution in [3.8, 4) is 0 Å². The average molecular weight is 382 g/mol. The quantitative estimate of drug-likeness (QED) is 0.866. The van der Waals surface area contributed by atoms with E-state index in [0.717, 1.165) is 43.9 Å². The Bertz CT molecular complexity index is 702. The van der Waals surface area contributed by atoms with Crippen LogP contribution in [-0.2, 0) is 4.79 Å². The number of hydrogen-bond donors (Lipinski definition) is 1. The molecule has 1 aromatic carbocycles. The molecule has 1 heterocycles. The van der Waals surface area contributed by atoms with E-state index in [1.54, 1.807) is 0 Å². The monoisotopic (exact) mass is 381 g/mol. The first-order valence-corrected chi connectivity index (χ1v) is 11.4. The number of carbonyl (C=O) groups is 1. The fourth-order valence-electron chi connectivity index (χ4n) is 7.06. The highest BCUT2D eigenvalue weighted by atomic mass is 16.2. The van der Waals surface area contributed by atoms with Gasteiger partial charge in [-0.3, -0.25) is 9.69 Å². The Kier molecular flexibility index (Phi) is 4.65.